The lowest BCUT2D eigenvalue weighted by Gasteiger charge is -2.34. The lowest BCUT2D eigenvalue weighted by molar-refractivity contribution is -0.0440. The first-order valence-electron chi connectivity index (χ1n) is 13.0. The minimum absolute atomic E-state index is 0.153. The molecule has 204 valence electrons. The van der Waals surface area contributed by atoms with Gasteiger partial charge in [0.15, 0.2) is 5.13 Å². The number of nitrogens with zero attached hydrogens (tertiary/aromatic N) is 4. The van der Waals surface area contributed by atoms with Gasteiger partial charge in [-0.2, -0.15) is 4.31 Å². The van der Waals surface area contributed by atoms with Crippen molar-refractivity contribution < 1.29 is 17.9 Å². The standard InChI is InChI=1S/C29H32N4O4S2/c1-19(2)25-8-5-9-26-27(25)31-29(38-26)33(18-22-7-6-14-30-15-22)28(34)23-10-12-24(13-11-23)39(35,36)32-16-20(3)37-21(4)17-32/h5-15,19-21H,16-18H2,1-4H3. The average molecular weight is 565 g/mol. The molecule has 10 heteroatoms. The van der Waals surface area contributed by atoms with Crippen LogP contribution < -0.4 is 4.90 Å². The minimum Gasteiger partial charge on any atom is -0.373 e. The highest BCUT2D eigenvalue weighted by molar-refractivity contribution is 7.89. The van der Waals surface area contributed by atoms with Gasteiger partial charge in [0, 0.05) is 31.0 Å². The predicted molar refractivity (Wildman–Crippen MR) is 154 cm³/mol. The molecule has 2 atom stereocenters. The molecule has 5 rings (SSSR count). The first kappa shape index (κ1) is 27.4. The molecule has 1 saturated heterocycles. The van der Waals surface area contributed by atoms with Crippen molar-refractivity contribution in [3.8, 4) is 0 Å². The van der Waals surface area contributed by atoms with Crippen molar-refractivity contribution >= 4 is 42.6 Å². The largest absolute Gasteiger partial charge is 0.373 e. The number of fused-ring (bicyclic) bond motifs is 1. The molecule has 0 spiro atoms. The number of benzene rings is 2. The fourth-order valence-electron chi connectivity index (χ4n) is 4.84. The summed E-state index contributed by atoms with van der Waals surface area (Å²) in [6, 6.07) is 16.0. The van der Waals surface area contributed by atoms with Crippen LogP contribution in [0.15, 0.2) is 71.9 Å². The van der Waals surface area contributed by atoms with Gasteiger partial charge in [-0.15, -0.1) is 0 Å². The van der Waals surface area contributed by atoms with E-state index in [-0.39, 0.29) is 35.5 Å². The Bertz CT molecular complexity index is 1560. The Morgan fingerprint density at radius 3 is 2.44 bits per heavy atom. The number of hydrogen-bond donors (Lipinski definition) is 0. The SMILES string of the molecule is CC1CN(S(=O)(=O)c2ccc(C(=O)N(Cc3cccnc3)c3nc4c(C(C)C)cccc4s3)cc2)CC(C)O1. The number of para-hydroxylation sites is 1. The first-order valence-corrected chi connectivity index (χ1v) is 15.2. The molecule has 39 heavy (non-hydrogen) atoms. The monoisotopic (exact) mass is 564 g/mol. The van der Waals surface area contributed by atoms with Crippen LogP contribution in [-0.4, -0.2) is 53.9 Å². The van der Waals surface area contributed by atoms with Gasteiger partial charge in [0.05, 0.1) is 33.9 Å². The molecule has 0 N–H and O–H groups in total. The van der Waals surface area contributed by atoms with Crippen LogP contribution in [0, 0.1) is 0 Å². The Balaban J connectivity index is 1.48. The molecule has 3 heterocycles. The number of thiazole rings is 1. The summed E-state index contributed by atoms with van der Waals surface area (Å²) < 4.78 is 34.8. The highest BCUT2D eigenvalue weighted by Gasteiger charge is 2.32. The summed E-state index contributed by atoms with van der Waals surface area (Å²) >= 11 is 1.46. The van der Waals surface area contributed by atoms with E-state index in [2.05, 4.69) is 24.9 Å². The lowest BCUT2D eigenvalue weighted by Crippen LogP contribution is -2.48. The van der Waals surface area contributed by atoms with Gasteiger partial charge in [0.1, 0.15) is 0 Å². The number of anilines is 1. The Kier molecular flexibility index (Phi) is 7.82. The zero-order valence-corrected chi connectivity index (χ0v) is 24.1. The van der Waals surface area contributed by atoms with Crippen LogP contribution in [0.1, 0.15) is 55.1 Å². The molecule has 4 aromatic rings. The molecular weight excluding hydrogens is 532 g/mol. The van der Waals surface area contributed by atoms with Crippen LogP contribution in [0.2, 0.25) is 0 Å². The number of morpholine rings is 1. The number of carbonyl (C=O) groups excluding carboxylic acids is 1. The van der Waals surface area contributed by atoms with Gasteiger partial charge in [0.25, 0.3) is 5.91 Å². The molecule has 2 aromatic carbocycles. The number of carbonyl (C=O) groups is 1. The van der Waals surface area contributed by atoms with Gasteiger partial charge in [-0.1, -0.05) is 43.4 Å². The second-order valence-electron chi connectivity index (χ2n) is 10.2. The van der Waals surface area contributed by atoms with E-state index < -0.39 is 10.0 Å². The van der Waals surface area contributed by atoms with Crippen molar-refractivity contribution in [1.29, 1.82) is 0 Å². The van der Waals surface area contributed by atoms with Crippen molar-refractivity contribution in [2.45, 2.75) is 57.3 Å². The van der Waals surface area contributed by atoms with Crippen molar-refractivity contribution in [2.75, 3.05) is 18.0 Å². The van der Waals surface area contributed by atoms with E-state index in [4.69, 9.17) is 9.72 Å². The fraction of sp³-hybridized carbons (Fsp3) is 0.345. The van der Waals surface area contributed by atoms with E-state index in [1.54, 1.807) is 29.4 Å². The molecule has 0 aliphatic carbocycles. The molecular formula is C29H32N4O4S2. The van der Waals surface area contributed by atoms with E-state index in [0.717, 1.165) is 21.3 Å². The van der Waals surface area contributed by atoms with Crippen LogP contribution in [0.5, 0.6) is 0 Å². The summed E-state index contributed by atoms with van der Waals surface area (Å²) in [6.07, 6.45) is 3.05. The molecule has 1 amide bonds. The Hall–Kier alpha value is -3.18. The van der Waals surface area contributed by atoms with Gasteiger partial charge in [-0.05, 0) is 67.3 Å². The average Bonchev–Trinajstić information content (AvgIpc) is 3.35. The quantitative estimate of drug-likeness (QED) is 0.296. The summed E-state index contributed by atoms with van der Waals surface area (Å²) in [7, 11) is -3.71. The summed E-state index contributed by atoms with van der Waals surface area (Å²) in [4.78, 5) is 24.8. The Morgan fingerprint density at radius 1 is 1.08 bits per heavy atom. The molecule has 1 aliphatic heterocycles. The van der Waals surface area contributed by atoms with Gasteiger partial charge in [-0.25, -0.2) is 13.4 Å². The third-order valence-electron chi connectivity index (χ3n) is 6.73. The van der Waals surface area contributed by atoms with Crippen molar-refractivity contribution in [1.82, 2.24) is 14.3 Å². The smallest absolute Gasteiger partial charge is 0.260 e. The normalized spacial score (nSPS) is 18.5. The van der Waals surface area contributed by atoms with E-state index in [1.165, 1.54) is 27.8 Å². The second-order valence-corrected chi connectivity index (χ2v) is 13.1. The molecule has 0 bridgehead atoms. The van der Waals surface area contributed by atoms with Gasteiger partial charge < -0.3 is 4.74 Å². The number of ether oxygens (including phenoxy) is 1. The maximum atomic E-state index is 13.9. The molecule has 0 radical (unpaired) electrons. The van der Waals surface area contributed by atoms with Crippen LogP contribution in [0.4, 0.5) is 5.13 Å². The number of amides is 1. The molecule has 1 aliphatic rings. The van der Waals surface area contributed by atoms with Crippen molar-refractivity contribution in [2.24, 2.45) is 0 Å². The Labute approximate surface area is 233 Å². The molecule has 1 fully saturated rings. The topological polar surface area (TPSA) is 92.7 Å². The zero-order chi connectivity index (χ0) is 27.7. The highest BCUT2D eigenvalue weighted by Crippen LogP contribution is 2.35. The van der Waals surface area contributed by atoms with Gasteiger partial charge in [0.2, 0.25) is 10.0 Å². The number of sulfonamides is 1. The molecule has 2 unspecified atom stereocenters. The fourth-order valence-corrected chi connectivity index (χ4v) is 7.43. The summed E-state index contributed by atoms with van der Waals surface area (Å²) in [5, 5.41) is 0.583. The summed E-state index contributed by atoms with van der Waals surface area (Å²) in [5.41, 5.74) is 3.27. The predicted octanol–water partition coefficient (Wildman–Crippen LogP) is 5.46. The van der Waals surface area contributed by atoms with E-state index in [9.17, 15) is 13.2 Å². The highest BCUT2D eigenvalue weighted by atomic mass is 32.2. The summed E-state index contributed by atoms with van der Waals surface area (Å²) in [6.45, 7) is 8.85. The third-order valence-corrected chi connectivity index (χ3v) is 9.62. The Morgan fingerprint density at radius 2 is 1.79 bits per heavy atom. The van der Waals surface area contributed by atoms with Crippen LogP contribution in [0.3, 0.4) is 0 Å². The van der Waals surface area contributed by atoms with E-state index in [1.807, 2.05) is 38.1 Å². The minimum atomic E-state index is -3.71. The van der Waals surface area contributed by atoms with Gasteiger partial charge in [-0.3, -0.25) is 14.7 Å². The van der Waals surface area contributed by atoms with Crippen molar-refractivity contribution in [3.05, 3.63) is 83.7 Å². The van der Waals surface area contributed by atoms with Crippen molar-refractivity contribution in [3.63, 3.8) is 0 Å². The van der Waals surface area contributed by atoms with Crippen LogP contribution in [-0.2, 0) is 21.3 Å². The second kappa shape index (κ2) is 11.1. The lowest BCUT2D eigenvalue weighted by atomic mass is 10.0. The number of hydrogen-bond acceptors (Lipinski definition) is 7. The first-order chi connectivity index (χ1) is 18.6. The maximum Gasteiger partial charge on any atom is 0.260 e. The molecule has 2 aromatic heterocycles. The van der Waals surface area contributed by atoms with Crippen LogP contribution >= 0.6 is 11.3 Å². The van der Waals surface area contributed by atoms with Crippen LogP contribution in [0.25, 0.3) is 10.2 Å². The third kappa shape index (κ3) is 5.74. The number of rotatable bonds is 7. The number of pyridine rings is 1. The number of aromatic nitrogens is 2. The zero-order valence-electron chi connectivity index (χ0n) is 22.4. The maximum absolute atomic E-state index is 13.9. The van der Waals surface area contributed by atoms with E-state index in [0.29, 0.717) is 23.8 Å². The van der Waals surface area contributed by atoms with E-state index >= 15 is 0 Å². The molecule has 8 nitrogen and oxygen atoms in total. The van der Waals surface area contributed by atoms with Gasteiger partial charge >= 0.3 is 0 Å². The molecule has 0 saturated carbocycles. The summed E-state index contributed by atoms with van der Waals surface area (Å²) in [5.74, 6) is 0.0274.